The van der Waals surface area contributed by atoms with Crippen molar-refractivity contribution in [2.45, 2.75) is 57.1 Å². The van der Waals surface area contributed by atoms with Crippen molar-refractivity contribution in [3.05, 3.63) is 120 Å². The zero-order chi connectivity index (χ0) is 34.2. The van der Waals surface area contributed by atoms with Crippen LogP contribution in [0, 0.1) is 6.92 Å². The van der Waals surface area contributed by atoms with Gasteiger partial charge < -0.3 is 19.7 Å². The zero-order valence-corrected chi connectivity index (χ0v) is 28.6. The first-order valence-corrected chi connectivity index (χ1v) is 16.8. The summed E-state index contributed by atoms with van der Waals surface area (Å²) in [6.07, 6.45) is 0.217. The van der Waals surface area contributed by atoms with Crippen LogP contribution in [0.3, 0.4) is 0 Å². The Morgan fingerprint density at radius 3 is 2.04 bits per heavy atom. The number of hydrogen-bond donors (Lipinski definition) is 1. The Balaban J connectivity index is 1.88. The minimum atomic E-state index is -4.31. The molecular formula is C37H43N3O6S. The van der Waals surface area contributed by atoms with Gasteiger partial charge in [0.1, 0.15) is 24.1 Å². The van der Waals surface area contributed by atoms with E-state index in [0.717, 1.165) is 21.0 Å². The van der Waals surface area contributed by atoms with E-state index in [4.69, 9.17) is 9.47 Å². The van der Waals surface area contributed by atoms with Crippen molar-refractivity contribution in [1.82, 2.24) is 10.2 Å². The number of carbonyl (C=O) groups excluding carboxylic acids is 2. The Morgan fingerprint density at radius 1 is 0.830 bits per heavy atom. The molecule has 0 saturated carbocycles. The largest absolute Gasteiger partial charge is 0.497 e. The molecule has 4 rings (SSSR count). The molecule has 2 amide bonds. The highest BCUT2D eigenvalue weighted by atomic mass is 32.2. The van der Waals surface area contributed by atoms with Crippen molar-refractivity contribution in [2.24, 2.45) is 0 Å². The van der Waals surface area contributed by atoms with Crippen LogP contribution >= 0.6 is 0 Å². The van der Waals surface area contributed by atoms with Gasteiger partial charge in [-0.25, -0.2) is 8.42 Å². The molecule has 4 aromatic carbocycles. The van der Waals surface area contributed by atoms with Gasteiger partial charge in [-0.15, -0.1) is 0 Å². The normalized spacial score (nSPS) is 12.1. The van der Waals surface area contributed by atoms with E-state index in [1.165, 1.54) is 37.3 Å². The van der Waals surface area contributed by atoms with Crippen LogP contribution in [-0.2, 0) is 32.6 Å². The van der Waals surface area contributed by atoms with Crippen LogP contribution in [0.5, 0.6) is 11.5 Å². The van der Waals surface area contributed by atoms with E-state index < -0.39 is 34.1 Å². The predicted octanol–water partition coefficient (Wildman–Crippen LogP) is 5.76. The fraction of sp³-hybridized carbons (Fsp3) is 0.297. The monoisotopic (exact) mass is 657 g/mol. The molecule has 0 aromatic heterocycles. The third-order valence-electron chi connectivity index (χ3n) is 7.64. The number of aryl methyl sites for hydroxylation is 1. The quantitative estimate of drug-likeness (QED) is 0.196. The van der Waals surface area contributed by atoms with E-state index in [9.17, 15) is 18.0 Å². The van der Waals surface area contributed by atoms with E-state index in [1.807, 2.05) is 82.3 Å². The average Bonchev–Trinajstić information content (AvgIpc) is 3.05. The summed E-state index contributed by atoms with van der Waals surface area (Å²) in [5, 5.41) is 3.05. The van der Waals surface area contributed by atoms with Crippen molar-refractivity contribution < 1.29 is 27.5 Å². The molecule has 47 heavy (non-hydrogen) atoms. The van der Waals surface area contributed by atoms with Crippen molar-refractivity contribution in [1.29, 1.82) is 0 Å². The molecule has 0 aliphatic heterocycles. The zero-order valence-electron chi connectivity index (χ0n) is 27.8. The number of sulfonamides is 1. The first kappa shape index (κ1) is 35.0. The Morgan fingerprint density at radius 2 is 1.45 bits per heavy atom. The fourth-order valence-corrected chi connectivity index (χ4v) is 6.64. The summed E-state index contributed by atoms with van der Waals surface area (Å²) in [5.74, 6) is -0.304. The van der Waals surface area contributed by atoms with E-state index in [1.54, 1.807) is 30.3 Å². The minimum absolute atomic E-state index is 0.00515. The van der Waals surface area contributed by atoms with E-state index in [-0.39, 0.29) is 35.2 Å². The second-order valence-electron chi connectivity index (χ2n) is 12.3. The lowest BCUT2D eigenvalue weighted by Crippen LogP contribution is -2.56. The van der Waals surface area contributed by atoms with Crippen molar-refractivity contribution >= 4 is 27.5 Å². The molecule has 9 nitrogen and oxygen atoms in total. The number of anilines is 1. The summed E-state index contributed by atoms with van der Waals surface area (Å²) in [7, 11) is -1.41. The maximum atomic E-state index is 14.7. The van der Waals surface area contributed by atoms with Gasteiger partial charge in [0.15, 0.2) is 0 Å². The van der Waals surface area contributed by atoms with Gasteiger partial charge in [-0.2, -0.15) is 0 Å². The highest BCUT2D eigenvalue weighted by Gasteiger charge is 2.36. The first-order chi connectivity index (χ1) is 22.3. The van der Waals surface area contributed by atoms with Crippen LogP contribution in [0.2, 0.25) is 0 Å². The van der Waals surface area contributed by atoms with Crippen LogP contribution in [0.25, 0.3) is 0 Å². The summed E-state index contributed by atoms with van der Waals surface area (Å²) in [6, 6.07) is 28.8. The number of rotatable bonds is 13. The highest BCUT2D eigenvalue weighted by molar-refractivity contribution is 7.92. The molecule has 0 fully saturated rings. The summed E-state index contributed by atoms with van der Waals surface area (Å²) in [6.45, 7) is 7.03. The number of hydrogen-bond acceptors (Lipinski definition) is 6. The topological polar surface area (TPSA) is 105 Å². The van der Waals surface area contributed by atoms with Gasteiger partial charge in [-0.05, 0) is 68.7 Å². The number of amides is 2. The number of methoxy groups -OCH3 is 2. The van der Waals surface area contributed by atoms with Crippen molar-refractivity contribution in [3.63, 3.8) is 0 Å². The van der Waals surface area contributed by atoms with Gasteiger partial charge in [0, 0.05) is 24.6 Å². The Bertz CT molecular complexity index is 1770. The minimum Gasteiger partial charge on any atom is -0.497 e. The number of nitrogens with zero attached hydrogens (tertiary/aromatic N) is 2. The molecule has 0 aliphatic rings. The molecule has 1 atom stereocenters. The van der Waals surface area contributed by atoms with E-state index >= 15 is 0 Å². The number of carbonyl (C=O) groups is 2. The molecule has 0 unspecified atom stereocenters. The Hall–Kier alpha value is -4.83. The number of benzene rings is 4. The lowest BCUT2D eigenvalue weighted by Gasteiger charge is -2.35. The molecule has 10 heteroatoms. The van der Waals surface area contributed by atoms with Crippen molar-refractivity contribution in [2.75, 3.05) is 25.1 Å². The fourth-order valence-electron chi connectivity index (χ4n) is 5.20. The second kappa shape index (κ2) is 15.2. The lowest BCUT2D eigenvalue weighted by molar-refractivity contribution is -0.140. The maximum Gasteiger partial charge on any atom is 0.264 e. The van der Waals surface area contributed by atoms with Crippen LogP contribution in [-0.4, -0.2) is 57.5 Å². The van der Waals surface area contributed by atoms with Gasteiger partial charge in [-0.3, -0.25) is 13.9 Å². The van der Waals surface area contributed by atoms with Crippen LogP contribution in [0.1, 0.15) is 37.5 Å². The molecule has 248 valence electrons. The van der Waals surface area contributed by atoms with Gasteiger partial charge >= 0.3 is 0 Å². The van der Waals surface area contributed by atoms with Gasteiger partial charge in [0.2, 0.25) is 11.8 Å². The summed E-state index contributed by atoms with van der Waals surface area (Å²) in [4.78, 5) is 30.3. The van der Waals surface area contributed by atoms with E-state index in [0.29, 0.717) is 5.75 Å². The molecule has 0 heterocycles. The molecule has 0 aliphatic carbocycles. The van der Waals surface area contributed by atoms with Crippen LogP contribution in [0.4, 0.5) is 5.69 Å². The van der Waals surface area contributed by atoms with E-state index in [2.05, 4.69) is 5.32 Å². The molecule has 0 spiro atoms. The Kier molecular flexibility index (Phi) is 11.3. The number of nitrogens with one attached hydrogen (secondary N) is 1. The number of ether oxygens (including phenoxy) is 2. The summed E-state index contributed by atoms with van der Waals surface area (Å²) >= 11 is 0. The molecule has 0 bridgehead atoms. The second-order valence-corrected chi connectivity index (χ2v) is 14.1. The highest BCUT2D eigenvalue weighted by Crippen LogP contribution is 2.36. The predicted molar refractivity (Wildman–Crippen MR) is 184 cm³/mol. The summed E-state index contributed by atoms with van der Waals surface area (Å²) in [5.41, 5.74) is 2.16. The van der Waals surface area contributed by atoms with Crippen LogP contribution in [0.15, 0.2) is 108 Å². The molecule has 0 radical (unpaired) electrons. The van der Waals surface area contributed by atoms with Gasteiger partial charge in [0.05, 0.1) is 24.8 Å². The SMILES string of the molecule is COc1ccc(OC)c(N(CC(=O)N(Cc2ccccc2C)[C@H](Cc2ccccc2)C(=O)NC(C)(C)C)S(=O)(=O)c2ccccc2)c1. The van der Waals surface area contributed by atoms with Crippen molar-refractivity contribution in [3.8, 4) is 11.5 Å². The standard InChI is InChI=1S/C37H43N3O6S/c1-27-15-13-14-18-29(27)25-39(33(36(42)38-37(2,3)4)23-28-16-9-7-10-17-28)35(41)26-40(47(43,44)31-19-11-8-12-20-31)32-24-30(45-5)21-22-34(32)46-6/h7-22,24,33H,23,25-26H2,1-6H3,(H,38,42)/t33-/m1/s1. The smallest absolute Gasteiger partial charge is 0.264 e. The molecule has 1 N–H and O–H groups in total. The van der Waals surface area contributed by atoms with Gasteiger partial charge in [-0.1, -0.05) is 72.8 Å². The first-order valence-electron chi connectivity index (χ1n) is 15.3. The third-order valence-corrected chi connectivity index (χ3v) is 9.41. The molecule has 4 aromatic rings. The van der Waals surface area contributed by atoms with Gasteiger partial charge in [0.25, 0.3) is 10.0 Å². The average molecular weight is 658 g/mol. The molecule has 0 saturated heterocycles. The molecular weight excluding hydrogens is 614 g/mol. The summed E-state index contributed by atoms with van der Waals surface area (Å²) < 4.78 is 40.7. The van der Waals surface area contributed by atoms with Crippen LogP contribution < -0.4 is 19.1 Å². The lowest BCUT2D eigenvalue weighted by atomic mass is 10.00. The maximum absolute atomic E-state index is 14.7. The Labute approximate surface area is 278 Å². The third kappa shape index (κ3) is 8.92.